The van der Waals surface area contributed by atoms with E-state index in [4.69, 9.17) is 0 Å². The van der Waals surface area contributed by atoms with E-state index in [0.29, 0.717) is 0 Å². The molecule has 0 unspecified atom stereocenters. The van der Waals surface area contributed by atoms with Gasteiger partial charge in [0.25, 0.3) is 0 Å². The summed E-state index contributed by atoms with van der Waals surface area (Å²) in [4.78, 5) is 10.6. The van der Waals surface area contributed by atoms with E-state index in [9.17, 15) is 4.79 Å². The molecule has 0 radical (unpaired) electrons. The maximum atomic E-state index is 10.6. The molecule has 0 amide bonds. The van der Waals surface area contributed by atoms with E-state index in [2.05, 4.69) is 45.0 Å². The van der Waals surface area contributed by atoms with Crippen LogP contribution >= 0.6 is 0 Å². The molecule has 1 aromatic rings. The molecular weight excluding hydrogens is 184 g/mol. The van der Waals surface area contributed by atoms with E-state index < -0.39 is 0 Å². The molecule has 0 N–H and O–H groups in total. The zero-order valence-electron chi connectivity index (χ0n) is 10.1. The van der Waals surface area contributed by atoms with Crippen LogP contribution in [0.15, 0.2) is 24.3 Å². The SMILES string of the molecule is C[C@H](C=O)Cc1cccc(C(C)(C)C)c1. The Labute approximate surface area is 92.5 Å². The van der Waals surface area contributed by atoms with Gasteiger partial charge in [0.15, 0.2) is 0 Å². The Morgan fingerprint density at radius 2 is 2.00 bits per heavy atom. The summed E-state index contributed by atoms with van der Waals surface area (Å²) >= 11 is 0. The molecule has 0 heterocycles. The number of benzene rings is 1. The van der Waals surface area contributed by atoms with Crippen molar-refractivity contribution in [2.24, 2.45) is 5.92 Å². The van der Waals surface area contributed by atoms with Crippen LogP contribution in [0.1, 0.15) is 38.8 Å². The lowest BCUT2D eigenvalue weighted by Gasteiger charge is -2.20. The quantitative estimate of drug-likeness (QED) is 0.690. The number of hydrogen-bond donors (Lipinski definition) is 0. The molecule has 1 rings (SSSR count). The normalized spacial score (nSPS) is 13.6. The second-order valence-corrected chi connectivity index (χ2v) is 5.27. The molecule has 0 spiro atoms. The Morgan fingerprint density at radius 1 is 1.33 bits per heavy atom. The maximum absolute atomic E-state index is 10.6. The Kier molecular flexibility index (Phi) is 3.67. The van der Waals surface area contributed by atoms with Crippen molar-refractivity contribution in [1.29, 1.82) is 0 Å². The largest absolute Gasteiger partial charge is 0.303 e. The highest BCUT2D eigenvalue weighted by Crippen LogP contribution is 2.23. The van der Waals surface area contributed by atoms with E-state index >= 15 is 0 Å². The first-order valence-electron chi connectivity index (χ1n) is 5.48. The highest BCUT2D eigenvalue weighted by molar-refractivity contribution is 5.53. The van der Waals surface area contributed by atoms with Crippen LogP contribution in [0.5, 0.6) is 0 Å². The zero-order valence-corrected chi connectivity index (χ0v) is 10.1. The van der Waals surface area contributed by atoms with Crippen LogP contribution in [0.2, 0.25) is 0 Å². The van der Waals surface area contributed by atoms with Crippen molar-refractivity contribution < 1.29 is 4.79 Å². The monoisotopic (exact) mass is 204 g/mol. The van der Waals surface area contributed by atoms with Gasteiger partial charge in [-0.1, -0.05) is 52.0 Å². The first-order chi connectivity index (χ1) is 6.93. The summed E-state index contributed by atoms with van der Waals surface area (Å²) < 4.78 is 0. The topological polar surface area (TPSA) is 17.1 Å². The lowest BCUT2D eigenvalue weighted by Crippen LogP contribution is -2.11. The summed E-state index contributed by atoms with van der Waals surface area (Å²) in [6.45, 7) is 8.57. The number of carbonyl (C=O) groups excluding carboxylic acids is 1. The lowest BCUT2D eigenvalue weighted by molar-refractivity contribution is -0.110. The van der Waals surface area contributed by atoms with Gasteiger partial charge in [-0.3, -0.25) is 0 Å². The van der Waals surface area contributed by atoms with E-state index in [1.165, 1.54) is 11.1 Å². The highest BCUT2D eigenvalue weighted by Gasteiger charge is 2.13. The standard InChI is InChI=1S/C14H20O/c1-11(10-15)8-12-6-5-7-13(9-12)14(2,3)4/h5-7,9-11H,8H2,1-4H3/t11-/m0/s1. The minimum Gasteiger partial charge on any atom is -0.303 e. The van der Waals surface area contributed by atoms with Crippen LogP contribution in [0.25, 0.3) is 0 Å². The average molecular weight is 204 g/mol. The Balaban J connectivity index is 2.88. The molecule has 82 valence electrons. The summed E-state index contributed by atoms with van der Waals surface area (Å²) in [6, 6.07) is 8.53. The zero-order chi connectivity index (χ0) is 11.5. The molecule has 1 heteroatoms. The van der Waals surface area contributed by atoms with Crippen LogP contribution in [-0.4, -0.2) is 6.29 Å². The Hall–Kier alpha value is -1.11. The fourth-order valence-corrected chi connectivity index (χ4v) is 1.58. The Bertz CT molecular complexity index is 333. The molecule has 1 nitrogen and oxygen atoms in total. The lowest BCUT2D eigenvalue weighted by atomic mass is 9.85. The van der Waals surface area contributed by atoms with Crippen molar-refractivity contribution in [3.63, 3.8) is 0 Å². The minimum atomic E-state index is 0.111. The van der Waals surface area contributed by atoms with E-state index in [1.54, 1.807) is 0 Å². The molecule has 1 aromatic carbocycles. The van der Waals surface area contributed by atoms with Gasteiger partial charge in [-0.15, -0.1) is 0 Å². The number of rotatable bonds is 3. The molecule has 0 fully saturated rings. The maximum Gasteiger partial charge on any atom is 0.123 e. The van der Waals surface area contributed by atoms with Crippen molar-refractivity contribution in [3.05, 3.63) is 35.4 Å². The number of carbonyl (C=O) groups is 1. The molecule has 0 saturated heterocycles. The smallest absolute Gasteiger partial charge is 0.123 e. The molecule has 0 aromatic heterocycles. The van der Waals surface area contributed by atoms with Gasteiger partial charge in [0.1, 0.15) is 6.29 Å². The van der Waals surface area contributed by atoms with Gasteiger partial charge >= 0.3 is 0 Å². The van der Waals surface area contributed by atoms with Crippen molar-refractivity contribution >= 4 is 6.29 Å². The third kappa shape index (κ3) is 3.50. The van der Waals surface area contributed by atoms with Gasteiger partial charge in [0, 0.05) is 5.92 Å². The average Bonchev–Trinajstić information content (AvgIpc) is 2.17. The summed E-state index contributed by atoms with van der Waals surface area (Å²) in [5.41, 5.74) is 2.76. The molecule has 0 saturated carbocycles. The molecule has 0 aliphatic heterocycles. The van der Waals surface area contributed by atoms with Crippen molar-refractivity contribution in [3.8, 4) is 0 Å². The van der Waals surface area contributed by atoms with Crippen LogP contribution in [0.3, 0.4) is 0 Å². The van der Waals surface area contributed by atoms with Gasteiger partial charge in [-0.2, -0.15) is 0 Å². The third-order valence-corrected chi connectivity index (χ3v) is 2.58. The van der Waals surface area contributed by atoms with E-state index in [1.807, 2.05) is 6.92 Å². The van der Waals surface area contributed by atoms with Gasteiger partial charge in [0.2, 0.25) is 0 Å². The van der Waals surface area contributed by atoms with Crippen LogP contribution < -0.4 is 0 Å². The Morgan fingerprint density at radius 3 is 2.53 bits per heavy atom. The molecule has 0 aliphatic rings. The van der Waals surface area contributed by atoms with Gasteiger partial charge in [0.05, 0.1) is 0 Å². The van der Waals surface area contributed by atoms with E-state index in [0.717, 1.165) is 12.7 Å². The second-order valence-electron chi connectivity index (χ2n) is 5.27. The molecule has 1 atom stereocenters. The van der Waals surface area contributed by atoms with Gasteiger partial charge in [-0.05, 0) is 23.0 Å². The highest BCUT2D eigenvalue weighted by atomic mass is 16.1. The number of hydrogen-bond acceptors (Lipinski definition) is 1. The predicted molar refractivity (Wildman–Crippen MR) is 64.1 cm³/mol. The molecule has 0 aliphatic carbocycles. The van der Waals surface area contributed by atoms with Crippen LogP contribution in [-0.2, 0) is 16.6 Å². The van der Waals surface area contributed by atoms with Crippen molar-refractivity contribution in [1.82, 2.24) is 0 Å². The molecular formula is C14H20O. The predicted octanol–water partition coefficient (Wildman–Crippen LogP) is 3.36. The summed E-state index contributed by atoms with van der Waals surface area (Å²) in [6.07, 6.45) is 1.86. The van der Waals surface area contributed by atoms with E-state index in [-0.39, 0.29) is 11.3 Å². The second kappa shape index (κ2) is 4.61. The van der Waals surface area contributed by atoms with Crippen molar-refractivity contribution in [2.75, 3.05) is 0 Å². The third-order valence-electron chi connectivity index (χ3n) is 2.58. The first-order valence-corrected chi connectivity index (χ1v) is 5.48. The van der Waals surface area contributed by atoms with Crippen LogP contribution in [0, 0.1) is 5.92 Å². The van der Waals surface area contributed by atoms with Crippen LogP contribution in [0.4, 0.5) is 0 Å². The fourth-order valence-electron chi connectivity index (χ4n) is 1.58. The van der Waals surface area contributed by atoms with Crippen molar-refractivity contribution in [2.45, 2.75) is 39.5 Å². The fraction of sp³-hybridized carbons (Fsp3) is 0.500. The van der Waals surface area contributed by atoms with Gasteiger partial charge in [-0.25, -0.2) is 0 Å². The summed E-state index contributed by atoms with van der Waals surface area (Å²) in [5.74, 6) is 0.111. The minimum absolute atomic E-state index is 0.111. The summed E-state index contributed by atoms with van der Waals surface area (Å²) in [7, 11) is 0. The van der Waals surface area contributed by atoms with Gasteiger partial charge < -0.3 is 4.79 Å². The number of aldehydes is 1. The molecule has 0 bridgehead atoms. The molecule has 15 heavy (non-hydrogen) atoms. The first kappa shape index (κ1) is 12.0. The summed E-state index contributed by atoms with van der Waals surface area (Å²) in [5, 5.41) is 0.